The third kappa shape index (κ3) is 3.66. The molecule has 0 saturated heterocycles. The van der Waals surface area contributed by atoms with Gasteiger partial charge in [0.05, 0.1) is 0 Å². The van der Waals surface area contributed by atoms with Crippen LogP contribution in [0.15, 0.2) is 24.3 Å². The van der Waals surface area contributed by atoms with Gasteiger partial charge < -0.3 is 10.1 Å². The molecule has 18 heavy (non-hydrogen) atoms. The zero-order chi connectivity index (χ0) is 12.8. The van der Waals surface area contributed by atoms with Crippen molar-refractivity contribution in [3.8, 4) is 11.8 Å². The molecule has 0 amide bonds. The van der Waals surface area contributed by atoms with Gasteiger partial charge >= 0.3 is 0 Å². The van der Waals surface area contributed by atoms with Crippen molar-refractivity contribution in [2.24, 2.45) is 5.92 Å². The summed E-state index contributed by atoms with van der Waals surface area (Å²) in [7, 11) is 0. The van der Waals surface area contributed by atoms with E-state index < -0.39 is 0 Å². The van der Waals surface area contributed by atoms with Crippen molar-refractivity contribution in [3.63, 3.8) is 0 Å². The number of hydrogen-bond donors (Lipinski definition) is 1. The summed E-state index contributed by atoms with van der Waals surface area (Å²) in [5, 5.41) is 11.9. The third-order valence-corrected chi connectivity index (χ3v) is 3.48. The lowest BCUT2D eigenvalue weighted by molar-refractivity contribution is 0.286. The molecular weight excluding hydrogens is 224 g/mol. The molecule has 0 radical (unpaired) electrons. The summed E-state index contributed by atoms with van der Waals surface area (Å²) >= 11 is 0. The number of anilines is 1. The van der Waals surface area contributed by atoms with Gasteiger partial charge in [-0.3, -0.25) is 0 Å². The zero-order valence-corrected chi connectivity index (χ0v) is 10.9. The minimum Gasteiger partial charge on any atom is -0.479 e. The molecule has 2 rings (SSSR count). The molecule has 1 aromatic rings. The molecule has 0 heterocycles. The Labute approximate surface area is 109 Å². The van der Waals surface area contributed by atoms with Crippen LogP contribution in [0.25, 0.3) is 0 Å². The maximum atomic E-state index is 8.43. The Hall–Kier alpha value is -1.69. The summed E-state index contributed by atoms with van der Waals surface area (Å²) in [4.78, 5) is 0. The van der Waals surface area contributed by atoms with Crippen LogP contribution >= 0.6 is 0 Å². The van der Waals surface area contributed by atoms with Crippen LogP contribution in [0.4, 0.5) is 5.69 Å². The topological polar surface area (TPSA) is 45.0 Å². The Balaban J connectivity index is 1.79. The highest BCUT2D eigenvalue weighted by Gasteiger charge is 2.19. The predicted molar refractivity (Wildman–Crippen MR) is 72.6 cm³/mol. The number of nitriles is 1. The Bertz CT molecular complexity index is 403. The van der Waals surface area contributed by atoms with Gasteiger partial charge in [0.1, 0.15) is 11.8 Å². The maximum absolute atomic E-state index is 8.43. The number of benzene rings is 1. The largest absolute Gasteiger partial charge is 0.479 e. The van der Waals surface area contributed by atoms with Crippen molar-refractivity contribution in [2.75, 3.05) is 11.9 Å². The summed E-state index contributed by atoms with van der Waals surface area (Å²) in [5.41, 5.74) is 1.12. The highest BCUT2D eigenvalue weighted by molar-refractivity contribution is 5.47. The quantitative estimate of drug-likeness (QED) is 0.832. The van der Waals surface area contributed by atoms with E-state index in [-0.39, 0.29) is 6.61 Å². The van der Waals surface area contributed by atoms with E-state index in [9.17, 15) is 0 Å². The van der Waals surface area contributed by atoms with E-state index in [4.69, 9.17) is 10.00 Å². The second kappa shape index (κ2) is 6.30. The van der Waals surface area contributed by atoms with Gasteiger partial charge in [-0.15, -0.1) is 0 Å². The molecule has 1 fully saturated rings. The van der Waals surface area contributed by atoms with E-state index in [1.165, 1.54) is 25.7 Å². The van der Waals surface area contributed by atoms with Crippen LogP contribution in [0.2, 0.25) is 0 Å². The molecule has 0 aromatic heterocycles. The molecule has 1 aliphatic carbocycles. The van der Waals surface area contributed by atoms with Gasteiger partial charge in [-0.2, -0.15) is 5.26 Å². The third-order valence-electron chi connectivity index (χ3n) is 3.48. The number of rotatable bonds is 6. The highest BCUT2D eigenvalue weighted by atomic mass is 16.5. The molecule has 0 spiro atoms. The van der Waals surface area contributed by atoms with Crippen LogP contribution < -0.4 is 10.1 Å². The first kappa shape index (κ1) is 12.8. The molecule has 0 aliphatic heterocycles. The first-order valence-corrected chi connectivity index (χ1v) is 6.64. The van der Waals surface area contributed by atoms with E-state index in [1.807, 2.05) is 30.3 Å². The lowest BCUT2D eigenvalue weighted by Gasteiger charge is -2.28. The normalized spacial score (nSPS) is 16.4. The Morgan fingerprint density at radius 3 is 2.67 bits per heavy atom. The SMILES string of the molecule is CC(CC1CCC1)Nc1ccc(OCC#N)cc1. The van der Waals surface area contributed by atoms with Gasteiger partial charge in [-0.25, -0.2) is 0 Å². The minimum atomic E-state index is 0.102. The lowest BCUT2D eigenvalue weighted by Crippen LogP contribution is -2.23. The summed E-state index contributed by atoms with van der Waals surface area (Å²) in [5.74, 6) is 1.67. The second-order valence-corrected chi connectivity index (χ2v) is 5.05. The molecule has 3 heteroatoms. The fourth-order valence-corrected chi connectivity index (χ4v) is 2.33. The molecular formula is C15H20N2O. The van der Waals surface area contributed by atoms with Crippen LogP contribution in [0.1, 0.15) is 32.6 Å². The van der Waals surface area contributed by atoms with Crippen molar-refractivity contribution in [2.45, 2.75) is 38.6 Å². The minimum absolute atomic E-state index is 0.102. The smallest absolute Gasteiger partial charge is 0.174 e. The monoisotopic (exact) mass is 244 g/mol. The van der Waals surface area contributed by atoms with Crippen molar-refractivity contribution < 1.29 is 4.74 Å². The van der Waals surface area contributed by atoms with E-state index in [2.05, 4.69) is 12.2 Å². The van der Waals surface area contributed by atoms with Gasteiger partial charge in [-0.1, -0.05) is 19.3 Å². The van der Waals surface area contributed by atoms with Crippen molar-refractivity contribution in [1.82, 2.24) is 0 Å². The molecule has 1 aromatic carbocycles. The Morgan fingerprint density at radius 2 is 2.11 bits per heavy atom. The van der Waals surface area contributed by atoms with E-state index >= 15 is 0 Å². The lowest BCUT2D eigenvalue weighted by atomic mass is 9.81. The standard InChI is InChI=1S/C15H20N2O/c1-12(11-13-3-2-4-13)17-14-5-7-15(8-6-14)18-10-9-16/h5-8,12-13,17H,2-4,10-11H2,1H3. The molecule has 3 nitrogen and oxygen atoms in total. The van der Waals surface area contributed by atoms with Gasteiger partial charge in [0, 0.05) is 11.7 Å². The molecule has 1 atom stereocenters. The predicted octanol–water partition coefficient (Wildman–Crippen LogP) is 3.58. The van der Waals surface area contributed by atoms with Gasteiger partial charge in [0.2, 0.25) is 0 Å². The average molecular weight is 244 g/mol. The molecule has 1 saturated carbocycles. The van der Waals surface area contributed by atoms with Crippen LogP contribution in [0.5, 0.6) is 5.75 Å². The average Bonchev–Trinajstić information content (AvgIpc) is 2.33. The number of hydrogen-bond acceptors (Lipinski definition) is 3. The highest BCUT2D eigenvalue weighted by Crippen LogP contribution is 2.31. The zero-order valence-electron chi connectivity index (χ0n) is 10.9. The van der Waals surface area contributed by atoms with Crippen molar-refractivity contribution in [1.29, 1.82) is 5.26 Å². The molecule has 96 valence electrons. The second-order valence-electron chi connectivity index (χ2n) is 5.05. The summed E-state index contributed by atoms with van der Waals surface area (Å²) in [6, 6.07) is 10.3. The summed E-state index contributed by atoms with van der Waals surface area (Å²) in [6.45, 7) is 2.34. The van der Waals surface area contributed by atoms with E-state index in [1.54, 1.807) is 0 Å². The molecule has 0 bridgehead atoms. The number of nitrogens with zero attached hydrogens (tertiary/aromatic N) is 1. The first-order chi connectivity index (χ1) is 8.78. The van der Waals surface area contributed by atoms with Gasteiger partial charge in [0.25, 0.3) is 0 Å². The Morgan fingerprint density at radius 1 is 1.39 bits per heavy atom. The summed E-state index contributed by atoms with van der Waals surface area (Å²) < 4.78 is 5.22. The van der Waals surface area contributed by atoms with E-state index in [0.717, 1.165) is 17.4 Å². The summed E-state index contributed by atoms with van der Waals surface area (Å²) in [6.07, 6.45) is 5.45. The van der Waals surface area contributed by atoms with E-state index in [0.29, 0.717) is 6.04 Å². The van der Waals surface area contributed by atoms with Crippen LogP contribution in [-0.2, 0) is 0 Å². The first-order valence-electron chi connectivity index (χ1n) is 6.64. The van der Waals surface area contributed by atoms with Crippen LogP contribution in [0, 0.1) is 17.2 Å². The van der Waals surface area contributed by atoms with Crippen LogP contribution in [0.3, 0.4) is 0 Å². The number of nitrogens with one attached hydrogen (secondary N) is 1. The molecule has 1 unspecified atom stereocenters. The van der Waals surface area contributed by atoms with Crippen LogP contribution in [-0.4, -0.2) is 12.6 Å². The number of ether oxygens (including phenoxy) is 1. The molecule has 1 N–H and O–H groups in total. The van der Waals surface area contributed by atoms with Crippen molar-refractivity contribution >= 4 is 5.69 Å². The fourth-order valence-electron chi connectivity index (χ4n) is 2.33. The molecule has 1 aliphatic rings. The van der Waals surface area contributed by atoms with Crippen molar-refractivity contribution in [3.05, 3.63) is 24.3 Å². The van der Waals surface area contributed by atoms with Gasteiger partial charge in [-0.05, 0) is 43.5 Å². The fraction of sp³-hybridized carbons (Fsp3) is 0.533. The maximum Gasteiger partial charge on any atom is 0.174 e. The van der Waals surface area contributed by atoms with Gasteiger partial charge in [0.15, 0.2) is 6.61 Å². The Kier molecular flexibility index (Phi) is 4.46.